The molecule has 0 aromatic rings. The number of thiocarbonyl (C=S) groups is 1. The third kappa shape index (κ3) is 3.39. The summed E-state index contributed by atoms with van der Waals surface area (Å²) < 4.78 is 0. The second kappa shape index (κ2) is 5.78. The largest absolute Gasteiger partial charge is 0.393 e. The highest BCUT2D eigenvalue weighted by molar-refractivity contribution is 7.80. The van der Waals surface area contributed by atoms with Gasteiger partial charge in [0.25, 0.3) is 0 Å². The maximum absolute atomic E-state index is 11.8. The molecule has 4 nitrogen and oxygen atoms in total. The summed E-state index contributed by atoms with van der Waals surface area (Å²) >= 11 is 4.77. The van der Waals surface area contributed by atoms with Crippen molar-refractivity contribution in [2.45, 2.75) is 38.1 Å². The molecule has 1 aliphatic heterocycles. The lowest BCUT2D eigenvalue weighted by Gasteiger charge is -2.38. The SMILES string of the molecule is NC(=S)CC(=O)N1CCN(C2CCCC2)CC1. The Hall–Kier alpha value is -0.680. The van der Waals surface area contributed by atoms with Gasteiger partial charge in [-0.3, -0.25) is 9.69 Å². The average molecular weight is 255 g/mol. The Kier molecular flexibility index (Phi) is 4.34. The third-order valence-electron chi connectivity index (χ3n) is 3.83. The number of hydrogen-bond acceptors (Lipinski definition) is 3. The summed E-state index contributed by atoms with van der Waals surface area (Å²) in [5.41, 5.74) is 5.40. The molecule has 1 heterocycles. The predicted molar refractivity (Wildman–Crippen MR) is 71.8 cm³/mol. The molecular formula is C12H21N3OS. The number of rotatable bonds is 3. The van der Waals surface area contributed by atoms with Crippen LogP contribution in [-0.4, -0.2) is 52.9 Å². The van der Waals surface area contributed by atoms with Crippen molar-refractivity contribution in [2.75, 3.05) is 26.2 Å². The molecule has 2 N–H and O–H groups in total. The Balaban J connectivity index is 1.77. The molecular weight excluding hydrogens is 234 g/mol. The van der Waals surface area contributed by atoms with Crippen molar-refractivity contribution in [3.8, 4) is 0 Å². The first-order valence-electron chi connectivity index (χ1n) is 6.47. The minimum atomic E-state index is 0.0866. The molecule has 0 radical (unpaired) electrons. The average Bonchev–Trinajstić information content (AvgIpc) is 2.82. The van der Waals surface area contributed by atoms with E-state index in [1.807, 2.05) is 4.90 Å². The standard InChI is InChI=1S/C12H21N3OS/c13-11(17)9-12(16)15-7-5-14(6-8-15)10-3-1-2-4-10/h10H,1-9H2,(H2,13,17). The first-order valence-corrected chi connectivity index (χ1v) is 6.88. The summed E-state index contributed by atoms with van der Waals surface area (Å²) in [6, 6.07) is 0.767. The maximum atomic E-state index is 11.8. The summed E-state index contributed by atoms with van der Waals surface area (Å²) in [7, 11) is 0. The summed E-state index contributed by atoms with van der Waals surface area (Å²) in [6.45, 7) is 3.68. The first kappa shape index (κ1) is 12.8. The summed E-state index contributed by atoms with van der Waals surface area (Å²) in [4.78, 5) is 16.5. The maximum Gasteiger partial charge on any atom is 0.229 e. The van der Waals surface area contributed by atoms with Crippen molar-refractivity contribution in [3.63, 3.8) is 0 Å². The summed E-state index contributed by atoms with van der Waals surface area (Å²) in [6.07, 6.45) is 5.62. The van der Waals surface area contributed by atoms with E-state index in [1.165, 1.54) is 25.7 Å². The van der Waals surface area contributed by atoms with Crippen LogP contribution in [0.25, 0.3) is 0 Å². The number of piperazine rings is 1. The zero-order valence-corrected chi connectivity index (χ0v) is 11.0. The van der Waals surface area contributed by atoms with Gasteiger partial charge in [0, 0.05) is 32.2 Å². The van der Waals surface area contributed by atoms with Crippen LogP contribution in [0.4, 0.5) is 0 Å². The molecule has 0 bridgehead atoms. The molecule has 2 aliphatic rings. The van der Waals surface area contributed by atoms with Gasteiger partial charge in [-0.05, 0) is 12.8 Å². The van der Waals surface area contributed by atoms with Crippen LogP contribution < -0.4 is 5.73 Å². The molecule has 0 atom stereocenters. The number of hydrogen-bond donors (Lipinski definition) is 1. The summed E-state index contributed by atoms with van der Waals surface area (Å²) in [5.74, 6) is 0.0866. The van der Waals surface area contributed by atoms with Crippen LogP contribution in [0.2, 0.25) is 0 Å². The van der Waals surface area contributed by atoms with Gasteiger partial charge >= 0.3 is 0 Å². The van der Waals surface area contributed by atoms with Crippen molar-refractivity contribution in [2.24, 2.45) is 5.73 Å². The fraction of sp³-hybridized carbons (Fsp3) is 0.833. The van der Waals surface area contributed by atoms with Gasteiger partial charge in [0.05, 0.1) is 11.4 Å². The van der Waals surface area contributed by atoms with E-state index in [0.717, 1.165) is 32.2 Å². The van der Waals surface area contributed by atoms with Gasteiger partial charge in [0.2, 0.25) is 5.91 Å². The quantitative estimate of drug-likeness (QED) is 0.756. The van der Waals surface area contributed by atoms with Crippen LogP contribution in [-0.2, 0) is 4.79 Å². The van der Waals surface area contributed by atoms with Gasteiger partial charge in [0.15, 0.2) is 0 Å². The van der Waals surface area contributed by atoms with Crippen molar-refractivity contribution in [1.29, 1.82) is 0 Å². The number of amides is 1. The van der Waals surface area contributed by atoms with E-state index in [-0.39, 0.29) is 12.3 Å². The van der Waals surface area contributed by atoms with Crippen LogP contribution in [0.3, 0.4) is 0 Å². The smallest absolute Gasteiger partial charge is 0.229 e. The van der Waals surface area contributed by atoms with Crippen LogP contribution in [0, 0.1) is 0 Å². The van der Waals surface area contributed by atoms with Crippen molar-refractivity contribution in [1.82, 2.24) is 9.80 Å². The Morgan fingerprint density at radius 3 is 2.29 bits per heavy atom. The molecule has 2 fully saturated rings. The van der Waals surface area contributed by atoms with E-state index >= 15 is 0 Å². The Bertz CT molecular complexity index is 294. The van der Waals surface area contributed by atoms with E-state index in [0.29, 0.717) is 4.99 Å². The van der Waals surface area contributed by atoms with E-state index in [2.05, 4.69) is 4.90 Å². The van der Waals surface area contributed by atoms with Crippen molar-refractivity contribution in [3.05, 3.63) is 0 Å². The Morgan fingerprint density at radius 2 is 1.76 bits per heavy atom. The molecule has 1 saturated heterocycles. The third-order valence-corrected chi connectivity index (χ3v) is 3.98. The van der Waals surface area contributed by atoms with E-state index in [9.17, 15) is 4.79 Å². The molecule has 1 saturated carbocycles. The van der Waals surface area contributed by atoms with Crippen LogP contribution >= 0.6 is 12.2 Å². The molecule has 0 spiro atoms. The highest BCUT2D eigenvalue weighted by atomic mass is 32.1. The summed E-state index contributed by atoms with van der Waals surface area (Å²) in [5, 5.41) is 0. The molecule has 96 valence electrons. The highest BCUT2D eigenvalue weighted by Gasteiger charge is 2.27. The zero-order chi connectivity index (χ0) is 12.3. The van der Waals surface area contributed by atoms with Crippen LogP contribution in [0.15, 0.2) is 0 Å². The van der Waals surface area contributed by atoms with Gasteiger partial charge in [0.1, 0.15) is 0 Å². The van der Waals surface area contributed by atoms with Gasteiger partial charge in [-0.25, -0.2) is 0 Å². The Morgan fingerprint density at radius 1 is 1.18 bits per heavy atom. The van der Waals surface area contributed by atoms with Gasteiger partial charge in [-0.1, -0.05) is 25.1 Å². The lowest BCUT2D eigenvalue weighted by atomic mass is 10.1. The molecule has 0 aromatic carbocycles. The molecule has 2 rings (SSSR count). The van der Waals surface area contributed by atoms with Crippen molar-refractivity contribution >= 4 is 23.1 Å². The first-order chi connectivity index (χ1) is 8.16. The molecule has 0 unspecified atom stereocenters. The second-order valence-electron chi connectivity index (χ2n) is 5.00. The fourth-order valence-electron chi connectivity index (χ4n) is 2.87. The molecule has 0 aromatic heterocycles. The molecule has 17 heavy (non-hydrogen) atoms. The lowest BCUT2D eigenvalue weighted by Crippen LogP contribution is -2.51. The monoisotopic (exact) mass is 255 g/mol. The van der Waals surface area contributed by atoms with E-state index in [1.54, 1.807) is 0 Å². The highest BCUT2D eigenvalue weighted by Crippen LogP contribution is 2.24. The Labute approximate surface area is 108 Å². The van der Waals surface area contributed by atoms with Gasteiger partial charge in [-0.15, -0.1) is 0 Å². The molecule has 5 heteroatoms. The van der Waals surface area contributed by atoms with E-state index in [4.69, 9.17) is 18.0 Å². The lowest BCUT2D eigenvalue weighted by molar-refractivity contribution is -0.131. The van der Waals surface area contributed by atoms with Gasteiger partial charge < -0.3 is 10.6 Å². The van der Waals surface area contributed by atoms with Crippen LogP contribution in [0.1, 0.15) is 32.1 Å². The normalized spacial score (nSPS) is 22.9. The number of carbonyl (C=O) groups excluding carboxylic acids is 1. The topological polar surface area (TPSA) is 49.6 Å². The number of nitrogens with zero attached hydrogens (tertiary/aromatic N) is 2. The molecule has 1 amide bonds. The second-order valence-corrected chi connectivity index (χ2v) is 5.52. The zero-order valence-electron chi connectivity index (χ0n) is 10.2. The van der Waals surface area contributed by atoms with Crippen molar-refractivity contribution < 1.29 is 4.79 Å². The predicted octanol–water partition coefficient (Wildman–Crippen LogP) is 0.749. The van der Waals surface area contributed by atoms with Gasteiger partial charge in [-0.2, -0.15) is 0 Å². The molecule has 1 aliphatic carbocycles. The van der Waals surface area contributed by atoms with E-state index < -0.39 is 0 Å². The number of carbonyl (C=O) groups is 1. The fourth-order valence-corrected chi connectivity index (χ4v) is 2.99. The minimum absolute atomic E-state index is 0.0866. The number of nitrogens with two attached hydrogens (primary N) is 1. The van der Waals surface area contributed by atoms with Crippen LogP contribution in [0.5, 0.6) is 0 Å². The minimum Gasteiger partial charge on any atom is -0.393 e.